The van der Waals surface area contributed by atoms with Gasteiger partial charge in [-0.05, 0) is 50.2 Å². The highest BCUT2D eigenvalue weighted by molar-refractivity contribution is 6.22. The molecule has 1 fully saturated rings. The Balaban J connectivity index is 1.33. The van der Waals surface area contributed by atoms with Gasteiger partial charge in [-0.15, -0.1) is 0 Å². The number of nitrogens with one attached hydrogen (secondary N) is 1. The van der Waals surface area contributed by atoms with Crippen LogP contribution in [0.5, 0.6) is 0 Å². The Morgan fingerprint density at radius 1 is 0.939 bits per heavy atom. The van der Waals surface area contributed by atoms with Crippen LogP contribution in [0.2, 0.25) is 0 Å². The molecule has 172 valence electrons. The second-order valence-corrected chi connectivity index (χ2v) is 7.92. The summed E-state index contributed by atoms with van der Waals surface area (Å²) in [5.41, 5.74) is 2.08. The molecule has 1 N–H and O–H groups in total. The Hall–Kier alpha value is -3.72. The van der Waals surface area contributed by atoms with Crippen LogP contribution < -0.4 is 10.2 Å². The molecule has 0 saturated carbocycles. The number of esters is 1. The largest absolute Gasteiger partial charge is 0.451 e. The molecule has 2 atom stereocenters. The number of amides is 3. The Bertz CT molecular complexity index is 1040. The molecular weight excluding hydrogens is 426 g/mol. The lowest BCUT2D eigenvalue weighted by molar-refractivity contribution is -0.156. The molecule has 2 heterocycles. The molecule has 33 heavy (non-hydrogen) atoms. The minimum absolute atomic E-state index is 0.244. The van der Waals surface area contributed by atoms with Crippen LogP contribution in [0.3, 0.4) is 0 Å². The van der Waals surface area contributed by atoms with E-state index < -0.39 is 35.8 Å². The average molecular weight is 451 g/mol. The maximum absolute atomic E-state index is 12.6. The highest BCUT2D eigenvalue weighted by Crippen LogP contribution is 2.25. The van der Waals surface area contributed by atoms with E-state index in [1.165, 1.54) is 26.0 Å². The summed E-state index contributed by atoms with van der Waals surface area (Å²) in [6.07, 6.45) is -1.12. The minimum atomic E-state index is -1.17. The number of carbonyl (C=O) groups is 4. The molecule has 9 heteroatoms. The van der Waals surface area contributed by atoms with Gasteiger partial charge in [0, 0.05) is 24.5 Å². The molecule has 0 radical (unpaired) electrons. The molecule has 3 amide bonds. The average Bonchev–Trinajstić information content (AvgIpc) is 3.09. The summed E-state index contributed by atoms with van der Waals surface area (Å²) >= 11 is 0. The lowest BCUT2D eigenvalue weighted by atomic mass is 10.1. The maximum atomic E-state index is 12.6. The van der Waals surface area contributed by atoms with Crippen molar-refractivity contribution in [3.8, 4) is 0 Å². The Kier molecular flexibility index (Phi) is 6.41. The number of hydrogen-bond acceptors (Lipinski definition) is 7. The molecule has 0 aromatic heterocycles. The molecule has 0 aliphatic carbocycles. The van der Waals surface area contributed by atoms with Gasteiger partial charge in [0.1, 0.15) is 6.04 Å². The maximum Gasteiger partial charge on any atom is 0.329 e. The first kappa shape index (κ1) is 22.5. The minimum Gasteiger partial charge on any atom is -0.451 e. The topological polar surface area (TPSA) is 105 Å². The van der Waals surface area contributed by atoms with Gasteiger partial charge in [0.25, 0.3) is 17.7 Å². The van der Waals surface area contributed by atoms with Crippen LogP contribution in [0.15, 0.2) is 48.5 Å². The van der Waals surface area contributed by atoms with E-state index in [1.54, 1.807) is 24.3 Å². The van der Waals surface area contributed by atoms with Crippen molar-refractivity contribution < 1.29 is 28.7 Å². The van der Waals surface area contributed by atoms with Gasteiger partial charge in [-0.1, -0.05) is 12.1 Å². The van der Waals surface area contributed by atoms with Crippen LogP contribution in [0.25, 0.3) is 0 Å². The first-order valence-electron chi connectivity index (χ1n) is 10.8. The fourth-order valence-electron chi connectivity index (χ4n) is 3.81. The normalized spacial score (nSPS) is 17.4. The zero-order valence-corrected chi connectivity index (χ0v) is 18.4. The van der Waals surface area contributed by atoms with E-state index in [1.807, 2.05) is 12.1 Å². The molecule has 0 unspecified atom stereocenters. The molecule has 2 aromatic rings. The number of morpholine rings is 1. The SMILES string of the molecule is C[C@H](OC(=O)[C@@H](C)N1C(=O)c2ccccc2C1=O)C(=O)Nc1ccc(N2CCOCC2)cc1. The third kappa shape index (κ3) is 4.58. The molecular formula is C24H25N3O6. The number of benzene rings is 2. The van der Waals surface area contributed by atoms with Crippen LogP contribution in [-0.4, -0.2) is 67.0 Å². The number of imide groups is 1. The summed E-state index contributed by atoms with van der Waals surface area (Å²) < 4.78 is 10.6. The second-order valence-electron chi connectivity index (χ2n) is 7.92. The molecule has 4 rings (SSSR count). The highest BCUT2D eigenvalue weighted by atomic mass is 16.5. The monoisotopic (exact) mass is 451 g/mol. The lowest BCUT2D eigenvalue weighted by Crippen LogP contribution is -2.45. The van der Waals surface area contributed by atoms with Gasteiger partial charge in [0.05, 0.1) is 24.3 Å². The summed E-state index contributed by atoms with van der Waals surface area (Å²) in [5, 5.41) is 2.71. The van der Waals surface area contributed by atoms with Crippen molar-refractivity contribution in [3.63, 3.8) is 0 Å². The summed E-state index contributed by atoms with van der Waals surface area (Å²) in [7, 11) is 0. The van der Waals surface area contributed by atoms with E-state index in [9.17, 15) is 19.2 Å². The lowest BCUT2D eigenvalue weighted by Gasteiger charge is -2.29. The zero-order valence-electron chi connectivity index (χ0n) is 18.4. The highest BCUT2D eigenvalue weighted by Gasteiger charge is 2.41. The van der Waals surface area contributed by atoms with Crippen LogP contribution >= 0.6 is 0 Å². The summed E-state index contributed by atoms with van der Waals surface area (Å²) in [5.74, 6) is -2.47. The third-order valence-corrected chi connectivity index (χ3v) is 5.73. The molecule has 2 aliphatic rings. The van der Waals surface area contributed by atoms with Crippen molar-refractivity contribution in [3.05, 3.63) is 59.7 Å². The van der Waals surface area contributed by atoms with Gasteiger partial charge in [-0.3, -0.25) is 19.3 Å². The summed E-state index contributed by atoms with van der Waals surface area (Å²) in [6, 6.07) is 12.6. The van der Waals surface area contributed by atoms with Crippen molar-refractivity contribution in [1.82, 2.24) is 4.90 Å². The van der Waals surface area contributed by atoms with E-state index in [0.29, 0.717) is 18.9 Å². The van der Waals surface area contributed by atoms with Gasteiger partial charge in [0.2, 0.25) is 0 Å². The van der Waals surface area contributed by atoms with Crippen molar-refractivity contribution in [2.45, 2.75) is 26.0 Å². The summed E-state index contributed by atoms with van der Waals surface area (Å²) in [4.78, 5) is 53.3. The first-order valence-corrected chi connectivity index (χ1v) is 10.8. The van der Waals surface area contributed by atoms with Gasteiger partial charge >= 0.3 is 5.97 Å². The van der Waals surface area contributed by atoms with Gasteiger partial charge in [-0.2, -0.15) is 0 Å². The molecule has 1 saturated heterocycles. The predicted octanol–water partition coefficient (Wildman–Crippen LogP) is 2.08. The zero-order chi connectivity index (χ0) is 23.5. The molecule has 0 spiro atoms. The van der Waals surface area contributed by atoms with Crippen molar-refractivity contribution in [1.29, 1.82) is 0 Å². The molecule has 2 aromatic carbocycles. The van der Waals surface area contributed by atoms with Crippen molar-refractivity contribution in [2.24, 2.45) is 0 Å². The predicted molar refractivity (Wildman–Crippen MR) is 120 cm³/mol. The Morgan fingerprint density at radius 2 is 1.52 bits per heavy atom. The van der Waals surface area contributed by atoms with Crippen molar-refractivity contribution >= 4 is 35.1 Å². The number of hydrogen-bond donors (Lipinski definition) is 1. The quantitative estimate of drug-likeness (QED) is 0.530. The third-order valence-electron chi connectivity index (χ3n) is 5.73. The van der Waals surface area contributed by atoms with E-state index in [2.05, 4.69) is 10.2 Å². The van der Waals surface area contributed by atoms with Crippen LogP contribution in [0, 0.1) is 0 Å². The standard InChI is InChI=1S/C24H25N3O6/c1-15(27-22(29)19-5-3-4-6-20(19)23(27)30)24(31)33-16(2)21(28)25-17-7-9-18(10-8-17)26-11-13-32-14-12-26/h3-10,15-16H,11-14H2,1-2H3,(H,25,28)/t15-,16+/m1/s1. The fourth-order valence-corrected chi connectivity index (χ4v) is 3.81. The van der Waals surface area contributed by atoms with Crippen LogP contribution in [-0.2, 0) is 19.1 Å². The number of nitrogens with zero attached hydrogens (tertiary/aromatic N) is 2. The van der Waals surface area contributed by atoms with E-state index in [-0.39, 0.29) is 11.1 Å². The Labute approximate surface area is 191 Å². The van der Waals surface area contributed by atoms with E-state index >= 15 is 0 Å². The first-order chi connectivity index (χ1) is 15.9. The van der Waals surface area contributed by atoms with Gasteiger partial charge < -0.3 is 19.7 Å². The Morgan fingerprint density at radius 3 is 2.09 bits per heavy atom. The van der Waals surface area contributed by atoms with Crippen LogP contribution in [0.4, 0.5) is 11.4 Å². The molecule has 9 nitrogen and oxygen atoms in total. The van der Waals surface area contributed by atoms with E-state index in [4.69, 9.17) is 9.47 Å². The molecule has 0 bridgehead atoms. The second kappa shape index (κ2) is 9.41. The van der Waals surface area contributed by atoms with Crippen LogP contribution in [0.1, 0.15) is 34.6 Å². The van der Waals surface area contributed by atoms with Crippen molar-refractivity contribution in [2.75, 3.05) is 36.5 Å². The molecule has 2 aliphatic heterocycles. The van der Waals surface area contributed by atoms with Gasteiger partial charge in [-0.25, -0.2) is 4.79 Å². The number of anilines is 2. The number of fused-ring (bicyclic) bond motifs is 1. The van der Waals surface area contributed by atoms with E-state index in [0.717, 1.165) is 23.7 Å². The van der Waals surface area contributed by atoms with Gasteiger partial charge in [0.15, 0.2) is 6.10 Å². The number of ether oxygens (including phenoxy) is 2. The number of rotatable bonds is 6. The number of carbonyl (C=O) groups excluding carboxylic acids is 4. The fraction of sp³-hybridized carbons (Fsp3) is 0.333. The summed E-state index contributed by atoms with van der Waals surface area (Å²) in [6.45, 7) is 5.82. The smallest absolute Gasteiger partial charge is 0.329 e.